The van der Waals surface area contributed by atoms with Gasteiger partial charge in [0.1, 0.15) is 18.2 Å². The Morgan fingerprint density at radius 3 is 2.41 bits per heavy atom. The Kier molecular flexibility index (Phi) is 5.65. The number of rotatable bonds is 6. The van der Waals surface area contributed by atoms with Crippen LogP contribution in [0.25, 0.3) is 22.4 Å². The lowest BCUT2D eigenvalue weighted by molar-refractivity contribution is 0.364. The van der Waals surface area contributed by atoms with Gasteiger partial charge in [-0.2, -0.15) is 0 Å². The summed E-state index contributed by atoms with van der Waals surface area (Å²) in [7, 11) is 0. The summed E-state index contributed by atoms with van der Waals surface area (Å²) in [5, 5.41) is 0.737. The van der Waals surface area contributed by atoms with E-state index < -0.39 is 23.0 Å². The van der Waals surface area contributed by atoms with Gasteiger partial charge in [0.2, 0.25) is 0 Å². The minimum Gasteiger partial charge on any atom is -0.490 e. The van der Waals surface area contributed by atoms with Gasteiger partial charge in [-0.15, -0.1) is 0 Å². The summed E-state index contributed by atoms with van der Waals surface area (Å²) < 4.78 is 49.4. The first-order chi connectivity index (χ1) is 13.0. The van der Waals surface area contributed by atoms with E-state index in [-0.39, 0.29) is 10.9 Å². The third-order valence-electron chi connectivity index (χ3n) is 4.34. The molecule has 138 valence electrons. The smallest absolute Gasteiger partial charge is 0.169 e. The maximum atomic E-state index is 14.8. The third kappa shape index (κ3) is 3.90. The van der Waals surface area contributed by atoms with Crippen LogP contribution < -0.4 is 4.74 Å². The highest BCUT2D eigenvalue weighted by Gasteiger charge is 2.17. The SMILES string of the molecule is C=CCOc1ccc2c(F)c(C(F)=C(F)c3ccc(CC)cc3)ccc2c1. The normalized spacial score (nSPS) is 12.0. The van der Waals surface area contributed by atoms with Crippen molar-refractivity contribution in [2.24, 2.45) is 0 Å². The molecule has 27 heavy (non-hydrogen) atoms. The van der Waals surface area contributed by atoms with Crippen molar-refractivity contribution in [1.82, 2.24) is 0 Å². The summed E-state index contributed by atoms with van der Waals surface area (Å²) in [6.45, 7) is 5.86. The van der Waals surface area contributed by atoms with Gasteiger partial charge in [-0.1, -0.05) is 49.9 Å². The van der Waals surface area contributed by atoms with Gasteiger partial charge in [-0.25, -0.2) is 13.2 Å². The van der Waals surface area contributed by atoms with E-state index in [9.17, 15) is 13.2 Å². The largest absolute Gasteiger partial charge is 0.490 e. The van der Waals surface area contributed by atoms with Crippen molar-refractivity contribution in [2.75, 3.05) is 6.61 Å². The molecule has 0 saturated heterocycles. The van der Waals surface area contributed by atoms with Crippen molar-refractivity contribution in [3.05, 3.63) is 89.8 Å². The third-order valence-corrected chi connectivity index (χ3v) is 4.34. The van der Waals surface area contributed by atoms with Crippen LogP contribution in [0.1, 0.15) is 23.6 Å². The lowest BCUT2D eigenvalue weighted by atomic mass is 10.0. The molecular formula is C23H19F3O. The number of halogens is 3. The molecule has 0 aliphatic carbocycles. The van der Waals surface area contributed by atoms with Crippen LogP contribution in [0, 0.1) is 5.82 Å². The fourth-order valence-electron chi connectivity index (χ4n) is 2.82. The van der Waals surface area contributed by atoms with Crippen LogP contribution in [-0.2, 0) is 6.42 Å². The molecule has 0 aliphatic heterocycles. The van der Waals surface area contributed by atoms with E-state index in [1.807, 2.05) is 6.92 Å². The topological polar surface area (TPSA) is 9.23 Å². The molecule has 1 nitrogen and oxygen atoms in total. The number of hydrogen-bond acceptors (Lipinski definition) is 1. The van der Waals surface area contributed by atoms with Crippen LogP contribution in [0.15, 0.2) is 67.3 Å². The van der Waals surface area contributed by atoms with E-state index in [2.05, 4.69) is 6.58 Å². The van der Waals surface area contributed by atoms with Gasteiger partial charge in [0.25, 0.3) is 0 Å². The second-order valence-corrected chi connectivity index (χ2v) is 6.09. The monoisotopic (exact) mass is 368 g/mol. The molecule has 0 bridgehead atoms. The van der Waals surface area contributed by atoms with Gasteiger partial charge < -0.3 is 4.74 Å². The maximum absolute atomic E-state index is 14.8. The van der Waals surface area contributed by atoms with Crippen molar-refractivity contribution in [1.29, 1.82) is 0 Å². The van der Waals surface area contributed by atoms with Crippen molar-refractivity contribution in [2.45, 2.75) is 13.3 Å². The molecule has 0 spiro atoms. The highest BCUT2D eigenvalue weighted by Crippen LogP contribution is 2.34. The average Bonchev–Trinajstić information content (AvgIpc) is 2.71. The molecule has 0 saturated carbocycles. The van der Waals surface area contributed by atoms with Crippen LogP contribution in [-0.4, -0.2) is 6.61 Å². The standard InChI is InChI=1S/C23H19F3O/c1-3-13-27-18-10-12-19-17(14-18)9-11-20(22(19)25)23(26)21(24)16-7-5-15(4-2)6-8-16/h3,5-12,14H,1,4,13H2,2H3. The minimum atomic E-state index is -1.22. The molecule has 0 aliphatic rings. The summed E-state index contributed by atoms with van der Waals surface area (Å²) in [5.41, 5.74) is 0.690. The molecule has 0 atom stereocenters. The van der Waals surface area contributed by atoms with Gasteiger partial charge >= 0.3 is 0 Å². The molecule has 3 rings (SSSR count). The molecule has 0 N–H and O–H groups in total. The fraction of sp³-hybridized carbons (Fsp3) is 0.130. The first kappa shape index (κ1) is 18.8. The van der Waals surface area contributed by atoms with Crippen molar-refractivity contribution in [3.63, 3.8) is 0 Å². The first-order valence-corrected chi connectivity index (χ1v) is 8.66. The zero-order valence-electron chi connectivity index (χ0n) is 14.9. The van der Waals surface area contributed by atoms with E-state index >= 15 is 0 Å². The van der Waals surface area contributed by atoms with Crippen LogP contribution in [0.4, 0.5) is 13.2 Å². The predicted molar refractivity (Wildman–Crippen MR) is 104 cm³/mol. The molecule has 3 aromatic rings. The zero-order chi connectivity index (χ0) is 19.4. The summed E-state index contributed by atoms with van der Waals surface area (Å²) >= 11 is 0. The highest BCUT2D eigenvalue weighted by atomic mass is 19.2. The number of aryl methyl sites for hydroxylation is 1. The Labute approximate surface area is 156 Å². The van der Waals surface area contributed by atoms with Gasteiger partial charge in [0.05, 0.1) is 0 Å². The number of ether oxygens (including phenoxy) is 1. The Morgan fingerprint density at radius 1 is 1.00 bits per heavy atom. The summed E-state index contributed by atoms with van der Waals surface area (Å²) in [5.74, 6) is -2.55. The lowest BCUT2D eigenvalue weighted by Crippen LogP contribution is -1.94. The summed E-state index contributed by atoms with van der Waals surface area (Å²) in [6.07, 6.45) is 2.40. The van der Waals surface area contributed by atoms with E-state index in [1.54, 1.807) is 36.4 Å². The van der Waals surface area contributed by atoms with Crippen molar-refractivity contribution >= 4 is 22.4 Å². The molecular weight excluding hydrogens is 349 g/mol. The maximum Gasteiger partial charge on any atom is 0.169 e. The molecule has 0 amide bonds. The molecule has 0 unspecified atom stereocenters. The second kappa shape index (κ2) is 8.12. The molecule has 3 aromatic carbocycles. The number of fused-ring (bicyclic) bond motifs is 1. The van der Waals surface area contributed by atoms with Crippen molar-refractivity contribution in [3.8, 4) is 5.75 Å². The van der Waals surface area contributed by atoms with Gasteiger partial charge in [-0.05, 0) is 41.6 Å². The second-order valence-electron chi connectivity index (χ2n) is 6.09. The predicted octanol–water partition coefficient (Wildman–Crippen LogP) is 6.87. The quantitative estimate of drug-likeness (QED) is 0.341. The first-order valence-electron chi connectivity index (χ1n) is 8.66. The van der Waals surface area contributed by atoms with Gasteiger partial charge in [0, 0.05) is 16.5 Å². The van der Waals surface area contributed by atoms with Crippen LogP contribution >= 0.6 is 0 Å². The molecule has 0 aromatic heterocycles. The van der Waals surface area contributed by atoms with Crippen LogP contribution in [0.5, 0.6) is 5.75 Å². The van der Waals surface area contributed by atoms with Gasteiger partial charge in [-0.3, -0.25) is 0 Å². The minimum absolute atomic E-state index is 0.0809. The average molecular weight is 368 g/mol. The van der Waals surface area contributed by atoms with Crippen LogP contribution in [0.2, 0.25) is 0 Å². The number of hydrogen-bond donors (Lipinski definition) is 0. The fourth-order valence-corrected chi connectivity index (χ4v) is 2.82. The number of benzene rings is 3. The Hall–Kier alpha value is -3.01. The summed E-state index contributed by atoms with van der Waals surface area (Å²) in [4.78, 5) is 0. The Bertz CT molecular complexity index is 1000. The van der Waals surface area contributed by atoms with E-state index in [0.717, 1.165) is 12.0 Å². The molecule has 0 radical (unpaired) electrons. The molecule has 0 heterocycles. The Morgan fingerprint density at radius 2 is 1.74 bits per heavy atom. The molecule has 4 heteroatoms. The Balaban J connectivity index is 2.01. The van der Waals surface area contributed by atoms with Crippen molar-refractivity contribution < 1.29 is 17.9 Å². The molecule has 0 fully saturated rings. The van der Waals surface area contributed by atoms with Gasteiger partial charge in [0.15, 0.2) is 11.7 Å². The van der Waals surface area contributed by atoms with Crippen LogP contribution in [0.3, 0.4) is 0 Å². The lowest BCUT2D eigenvalue weighted by Gasteiger charge is -2.09. The highest BCUT2D eigenvalue weighted by molar-refractivity contribution is 5.91. The summed E-state index contributed by atoms with van der Waals surface area (Å²) in [6, 6.07) is 14.0. The van der Waals surface area contributed by atoms with E-state index in [1.165, 1.54) is 24.3 Å². The van der Waals surface area contributed by atoms with E-state index in [4.69, 9.17) is 4.74 Å². The van der Waals surface area contributed by atoms with E-state index in [0.29, 0.717) is 17.7 Å². The zero-order valence-corrected chi connectivity index (χ0v) is 14.9.